The van der Waals surface area contributed by atoms with Crippen LogP contribution in [0.2, 0.25) is 10.0 Å². The first-order valence-corrected chi connectivity index (χ1v) is 8.77. The maximum atomic E-state index is 13.3. The van der Waals surface area contributed by atoms with E-state index in [-0.39, 0.29) is 5.78 Å². The van der Waals surface area contributed by atoms with Crippen molar-refractivity contribution in [1.29, 1.82) is 0 Å². The average Bonchev–Trinajstić information content (AvgIpc) is 2.60. The summed E-state index contributed by atoms with van der Waals surface area (Å²) < 4.78 is 0. The number of benzene rings is 2. The monoisotopic (exact) mass is 359 g/mol. The Labute approximate surface area is 152 Å². The van der Waals surface area contributed by atoms with Crippen molar-refractivity contribution in [2.24, 2.45) is 0 Å². The van der Waals surface area contributed by atoms with Crippen LogP contribution in [0.4, 0.5) is 0 Å². The summed E-state index contributed by atoms with van der Waals surface area (Å²) in [5.74, 6) is 0.0966. The number of rotatable bonds is 3. The molecule has 0 aromatic heterocycles. The Balaban J connectivity index is 2.02. The van der Waals surface area contributed by atoms with Gasteiger partial charge in [-0.1, -0.05) is 53.5 Å². The number of hydrogen-bond acceptors (Lipinski definition) is 2. The van der Waals surface area contributed by atoms with Crippen molar-refractivity contribution in [2.75, 3.05) is 7.05 Å². The fourth-order valence-corrected chi connectivity index (χ4v) is 3.80. The molecule has 0 saturated heterocycles. The molecule has 1 atom stereocenters. The molecule has 0 aliphatic heterocycles. The third-order valence-electron chi connectivity index (χ3n) is 4.65. The molecule has 3 rings (SSSR count). The molecule has 124 valence electrons. The van der Waals surface area contributed by atoms with Crippen LogP contribution in [0.5, 0.6) is 0 Å². The van der Waals surface area contributed by atoms with Crippen molar-refractivity contribution in [1.82, 2.24) is 5.32 Å². The highest BCUT2D eigenvalue weighted by Gasteiger charge is 2.43. The smallest absolute Gasteiger partial charge is 0.183 e. The van der Waals surface area contributed by atoms with Gasteiger partial charge in [0.25, 0.3) is 0 Å². The lowest BCUT2D eigenvalue weighted by Crippen LogP contribution is -2.50. The second-order valence-electron chi connectivity index (χ2n) is 6.04. The zero-order chi connectivity index (χ0) is 17.2. The minimum absolute atomic E-state index is 0.0966. The number of halogens is 2. The van der Waals surface area contributed by atoms with E-state index >= 15 is 0 Å². The molecule has 0 radical (unpaired) electrons. The van der Waals surface area contributed by atoms with Gasteiger partial charge in [0.15, 0.2) is 5.78 Å². The molecule has 1 saturated carbocycles. The highest BCUT2D eigenvalue weighted by atomic mass is 35.5. The molecular weight excluding hydrogens is 341 g/mol. The largest absolute Gasteiger partial charge is 0.304 e. The van der Waals surface area contributed by atoms with Gasteiger partial charge in [0, 0.05) is 10.0 Å². The summed E-state index contributed by atoms with van der Waals surface area (Å²) in [4.78, 5) is 13.3. The van der Waals surface area contributed by atoms with Crippen LogP contribution in [0.15, 0.2) is 54.1 Å². The SMILES string of the molecule is CNC1(c2ccccc2Cl)CCC/C(=C\c2ccc(Cl)cc2)C1=O. The second kappa shape index (κ2) is 7.10. The first kappa shape index (κ1) is 17.2. The summed E-state index contributed by atoms with van der Waals surface area (Å²) in [5, 5.41) is 4.56. The van der Waals surface area contributed by atoms with Crippen molar-refractivity contribution >= 4 is 35.1 Å². The van der Waals surface area contributed by atoms with Crippen LogP contribution in [0, 0.1) is 0 Å². The number of carbonyl (C=O) groups excluding carboxylic acids is 1. The van der Waals surface area contributed by atoms with Gasteiger partial charge in [-0.15, -0.1) is 0 Å². The van der Waals surface area contributed by atoms with Gasteiger partial charge in [0.1, 0.15) is 5.54 Å². The summed E-state index contributed by atoms with van der Waals surface area (Å²) >= 11 is 12.3. The lowest BCUT2D eigenvalue weighted by atomic mass is 9.73. The van der Waals surface area contributed by atoms with Gasteiger partial charge in [0.05, 0.1) is 0 Å². The van der Waals surface area contributed by atoms with Gasteiger partial charge in [-0.2, -0.15) is 0 Å². The molecule has 4 heteroatoms. The lowest BCUT2D eigenvalue weighted by Gasteiger charge is -2.37. The molecule has 1 aliphatic rings. The van der Waals surface area contributed by atoms with Gasteiger partial charge in [-0.05, 0) is 67.3 Å². The van der Waals surface area contributed by atoms with E-state index in [1.54, 1.807) is 0 Å². The quantitative estimate of drug-likeness (QED) is 0.758. The molecule has 1 aliphatic carbocycles. The molecule has 2 aromatic carbocycles. The van der Waals surface area contributed by atoms with Gasteiger partial charge in [-0.25, -0.2) is 0 Å². The van der Waals surface area contributed by atoms with E-state index < -0.39 is 5.54 Å². The molecule has 0 heterocycles. The minimum Gasteiger partial charge on any atom is -0.304 e. The molecule has 1 N–H and O–H groups in total. The number of hydrogen-bond donors (Lipinski definition) is 1. The van der Waals surface area contributed by atoms with Gasteiger partial charge in [-0.3, -0.25) is 4.79 Å². The Bertz CT molecular complexity index is 782. The Hall–Kier alpha value is -1.61. The molecule has 1 unspecified atom stereocenters. The fourth-order valence-electron chi connectivity index (χ4n) is 3.38. The lowest BCUT2D eigenvalue weighted by molar-refractivity contribution is -0.123. The van der Waals surface area contributed by atoms with E-state index in [1.807, 2.05) is 61.7 Å². The first-order valence-electron chi connectivity index (χ1n) is 8.02. The number of Topliss-reactive ketones (excluding diaryl/α,β-unsaturated/α-hetero) is 1. The summed E-state index contributed by atoms with van der Waals surface area (Å²) in [6, 6.07) is 15.1. The predicted molar refractivity (Wildman–Crippen MR) is 100 cm³/mol. The van der Waals surface area contributed by atoms with Gasteiger partial charge < -0.3 is 5.32 Å². The van der Waals surface area contributed by atoms with E-state index in [0.717, 1.165) is 36.0 Å². The highest BCUT2D eigenvalue weighted by Crippen LogP contribution is 2.40. The van der Waals surface area contributed by atoms with E-state index in [1.165, 1.54) is 0 Å². The van der Waals surface area contributed by atoms with Crippen LogP contribution in [0.3, 0.4) is 0 Å². The Morgan fingerprint density at radius 1 is 1.08 bits per heavy atom. The van der Waals surface area contributed by atoms with E-state index in [2.05, 4.69) is 5.32 Å². The van der Waals surface area contributed by atoms with Gasteiger partial charge >= 0.3 is 0 Å². The van der Waals surface area contributed by atoms with Crippen molar-refractivity contribution in [3.8, 4) is 0 Å². The Kier molecular flexibility index (Phi) is 5.09. The number of carbonyl (C=O) groups is 1. The van der Waals surface area contributed by atoms with Crippen LogP contribution in [-0.2, 0) is 10.3 Å². The molecule has 0 amide bonds. The molecule has 24 heavy (non-hydrogen) atoms. The summed E-state index contributed by atoms with van der Waals surface area (Å²) in [6.07, 6.45) is 4.40. The van der Waals surface area contributed by atoms with Crippen molar-refractivity contribution in [2.45, 2.75) is 24.8 Å². The van der Waals surface area contributed by atoms with E-state index in [0.29, 0.717) is 10.0 Å². The van der Waals surface area contributed by atoms with E-state index in [9.17, 15) is 4.79 Å². The zero-order valence-electron chi connectivity index (χ0n) is 13.5. The predicted octanol–water partition coefficient (Wildman–Crippen LogP) is 5.24. The number of ketones is 1. The summed E-state index contributed by atoms with van der Waals surface area (Å²) in [5.41, 5.74) is 1.89. The van der Waals surface area contributed by atoms with Crippen LogP contribution < -0.4 is 5.32 Å². The standard InChI is InChI=1S/C20H19Cl2NO/c1-23-20(17-6-2-3-7-18(17)22)12-4-5-15(19(20)24)13-14-8-10-16(21)11-9-14/h2-3,6-11,13,23H,4-5,12H2,1H3/b15-13+. The maximum absolute atomic E-state index is 13.3. The number of nitrogens with one attached hydrogen (secondary N) is 1. The van der Waals surface area contributed by atoms with Crippen molar-refractivity contribution in [3.63, 3.8) is 0 Å². The molecule has 0 bridgehead atoms. The second-order valence-corrected chi connectivity index (χ2v) is 6.88. The van der Waals surface area contributed by atoms with Crippen LogP contribution in [-0.4, -0.2) is 12.8 Å². The Morgan fingerprint density at radius 3 is 2.46 bits per heavy atom. The zero-order valence-corrected chi connectivity index (χ0v) is 15.0. The first-order chi connectivity index (χ1) is 11.6. The normalized spacial score (nSPS) is 22.8. The molecule has 1 fully saturated rings. The fraction of sp³-hybridized carbons (Fsp3) is 0.250. The summed E-state index contributed by atoms with van der Waals surface area (Å²) in [6.45, 7) is 0. The van der Waals surface area contributed by atoms with E-state index in [4.69, 9.17) is 23.2 Å². The third-order valence-corrected chi connectivity index (χ3v) is 5.23. The van der Waals surface area contributed by atoms with Crippen LogP contribution in [0.1, 0.15) is 30.4 Å². The van der Waals surface area contributed by atoms with Crippen molar-refractivity contribution in [3.05, 3.63) is 75.3 Å². The Morgan fingerprint density at radius 2 is 1.79 bits per heavy atom. The number of likely N-dealkylation sites (N-methyl/N-ethyl adjacent to an activating group) is 1. The highest BCUT2D eigenvalue weighted by molar-refractivity contribution is 6.32. The van der Waals surface area contributed by atoms with Crippen LogP contribution >= 0.6 is 23.2 Å². The molecule has 0 spiro atoms. The summed E-state index contributed by atoms with van der Waals surface area (Å²) in [7, 11) is 1.83. The topological polar surface area (TPSA) is 29.1 Å². The molecule has 2 aromatic rings. The molecular formula is C20H19Cl2NO. The minimum atomic E-state index is -0.755. The van der Waals surface area contributed by atoms with Crippen molar-refractivity contribution < 1.29 is 4.79 Å². The average molecular weight is 360 g/mol. The third kappa shape index (κ3) is 3.14. The van der Waals surface area contributed by atoms with Crippen LogP contribution in [0.25, 0.3) is 6.08 Å². The maximum Gasteiger partial charge on any atom is 0.183 e. The molecule has 2 nitrogen and oxygen atoms in total. The van der Waals surface area contributed by atoms with Gasteiger partial charge in [0.2, 0.25) is 0 Å².